The average molecular weight is 316 g/mol. The summed E-state index contributed by atoms with van der Waals surface area (Å²) >= 11 is 0. The Morgan fingerprint density at radius 3 is 1.29 bits per heavy atom. The predicted molar refractivity (Wildman–Crippen MR) is 100 cm³/mol. The lowest BCUT2D eigenvalue weighted by Crippen LogP contribution is -2.36. The van der Waals surface area contributed by atoms with E-state index in [4.69, 9.17) is 4.74 Å². The van der Waals surface area contributed by atoms with Crippen molar-refractivity contribution in [2.45, 2.75) is 32.0 Å². The molecule has 0 N–H and O–H groups in total. The molecule has 0 spiro atoms. The summed E-state index contributed by atoms with van der Waals surface area (Å²) in [4.78, 5) is 0. The zero-order chi connectivity index (χ0) is 16.8. The molecular formula is C23H24O. The number of benzene rings is 3. The first-order valence-electron chi connectivity index (χ1n) is 8.61. The van der Waals surface area contributed by atoms with Gasteiger partial charge in [0.2, 0.25) is 0 Å². The maximum absolute atomic E-state index is 6.75. The molecule has 0 aromatic heterocycles. The minimum Gasteiger partial charge on any atom is -0.358 e. The van der Waals surface area contributed by atoms with Crippen LogP contribution >= 0.6 is 0 Å². The van der Waals surface area contributed by atoms with Crippen molar-refractivity contribution < 1.29 is 4.74 Å². The van der Waals surface area contributed by atoms with Gasteiger partial charge in [-0.3, -0.25) is 0 Å². The van der Waals surface area contributed by atoms with Gasteiger partial charge in [-0.05, 0) is 30.0 Å². The van der Waals surface area contributed by atoms with Gasteiger partial charge in [-0.2, -0.15) is 0 Å². The lowest BCUT2D eigenvalue weighted by molar-refractivity contribution is -0.0396. The first-order valence-corrected chi connectivity index (χ1v) is 8.61. The van der Waals surface area contributed by atoms with Crippen LogP contribution in [0.1, 0.15) is 37.0 Å². The molecule has 24 heavy (non-hydrogen) atoms. The van der Waals surface area contributed by atoms with Crippen LogP contribution in [0, 0.1) is 0 Å². The second kappa shape index (κ2) is 7.46. The van der Waals surface area contributed by atoms with Gasteiger partial charge in [0.25, 0.3) is 0 Å². The maximum atomic E-state index is 6.75. The van der Waals surface area contributed by atoms with Crippen molar-refractivity contribution in [3.05, 3.63) is 108 Å². The van der Waals surface area contributed by atoms with E-state index in [9.17, 15) is 0 Å². The molecule has 0 radical (unpaired) electrons. The van der Waals surface area contributed by atoms with Gasteiger partial charge in [0.15, 0.2) is 0 Å². The fourth-order valence-electron chi connectivity index (χ4n) is 3.11. The lowest BCUT2D eigenvalue weighted by atomic mass is 9.80. The third kappa shape index (κ3) is 3.13. The van der Waals surface area contributed by atoms with E-state index in [0.29, 0.717) is 0 Å². The van der Waals surface area contributed by atoms with Crippen molar-refractivity contribution in [2.75, 3.05) is 0 Å². The average Bonchev–Trinajstić information content (AvgIpc) is 2.68. The molecule has 1 unspecified atom stereocenters. The van der Waals surface area contributed by atoms with Crippen molar-refractivity contribution in [1.29, 1.82) is 0 Å². The highest BCUT2D eigenvalue weighted by atomic mass is 16.5. The molecule has 0 amide bonds. The Hall–Kier alpha value is -2.38. The Labute approximate surface area is 144 Å². The van der Waals surface area contributed by atoms with Crippen molar-refractivity contribution in [3.63, 3.8) is 0 Å². The molecule has 0 aliphatic heterocycles. The zero-order valence-corrected chi connectivity index (χ0v) is 14.4. The normalized spacial score (nSPS) is 12.8. The summed E-state index contributed by atoms with van der Waals surface area (Å²) in [6.07, 6.45) is 1.11. The summed E-state index contributed by atoms with van der Waals surface area (Å²) in [5, 5.41) is 0. The molecule has 1 nitrogen and oxygen atoms in total. The maximum Gasteiger partial charge on any atom is 0.144 e. The number of hydrogen-bond donors (Lipinski definition) is 0. The van der Waals surface area contributed by atoms with Crippen LogP contribution in [0.3, 0.4) is 0 Å². The SMILES string of the molecule is CCC(C)OC(c1ccccc1)(c1ccccc1)c1ccccc1. The van der Waals surface area contributed by atoms with E-state index in [1.54, 1.807) is 0 Å². The van der Waals surface area contributed by atoms with Gasteiger partial charge in [0.1, 0.15) is 5.60 Å². The quantitative estimate of drug-likeness (QED) is 0.523. The summed E-state index contributed by atoms with van der Waals surface area (Å²) < 4.78 is 6.75. The Morgan fingerprint density at radius 2 is 1.00 bits per heavy atom. The van der Waals surface area contributed by atoms with Crippen molar-refractivity contribution in [2.24, 2.45) is 0 Å². The van der Waals surface area contributed by atoms with Gasteiger partial charge in [-0.25, -0.2) is 0 Å². The van der Waals surface area contributed by atoms with Crippen molar-refractivity contribution in [1.82, 2.24) is 0 Å². The van der Waals surface area contributed by atoms with Gasteiger partial charge in [0.05, 0.1) is 6.10 Å². The summed E-state index contributed by atoms with van der Waals surface area (Å²) in [6, 6.07) is 31.6. The fourth-order valence-corrected chi connectivity index (χ4v) is 3.11. The summed E-state index contributed by atoms with van der Waals surface area (Å²) in [5.74, 6) is 0. The summed E-state index contributed by atoms with van der Waals surface area (Å²) in [5.41, 5.74) is 2.87. The number of rotatable bonds is 6. The molecular weight excluding hydrogens is 292 g/mol. The Bertz CT molecular complexity index is 638. The first-order chi connectivity index (χ1) is 11.8. The standard InChI is InChI=1S/C23H24O/c1-3-19(2)24-23(20-13-7-4-8-14-20,21-15-9-5-10-16-21)22-17-11-6-12-18-22/h4-19H,3H2,1-2H3. The van der Waals surface area contributed by atoms with Crippen LogP contribution in [0.25, 0.3) is 0 Å². The highest BCUT2D eigenvalue weighted by Crippen LogP contribution is 2.41. The molecule has 0 fully saturated rings. The van der Waals surface area contributed by atoms with E-state index in [0.717, 1.165) is 23.1 Å². The van der Waals surface area contributed by atoms with Crippen LogP contribution in [0.4, 0.5) is 0 Å². The molecule has 122 valence electrons. The molecule has 3 rings (SSSR count). The predicted octanol–water partition coefficient (Wildman–Crippen LogP) is 5.79. The van der Waals surface area contributed by atoms with Crippen LogP contribution in [0.5, 0.6) is 0 Å². The van der Waals surface area contributed by atoms with Crippen LogP contribution in [-0.4, -0.2) is 6.10 Å². The first kappa shape index (κ1) is 16.5. The molecule has 0 heterocycles. The third-order valence-electron chi connectivity index (χ3n) is 4.49. The number of ether oxygens (including phenoxy) is 1. The largest absolute Gasteiger partial charge is 0.358 e. The summed E-state index contributed by atoms with van der Waals surface area (Å²) in [6.45, 7) is 4.31. The number of hydrogen-bond acceptors (Lipinski definition) is 1. The van der Waals surface area contributed by atoms with Crippen LogP contribution < -0.4 is 0 Å². The van der Waals surface area contributed by atoms with E-state index in [2.05, 4.69) is 86.6 Å². The van der Waals surface area contributed by atoms with Gasteiger partial charge in [-0.15, -0.1) is 0 Å². The van der Waals surface area contributed by atoms with Gasteiger partial charge < -0.3 is 4.74 Å². The fraction of sp³-hybridized carbons (Fsp3) is 0.217. The summed E-state index contributed by atoms with van der Waals surface area (Å²) in [7, 11) is 0. The topological polar surface area (TPSA) is 9.23 Å². The third-order valence-corrected chi connectivity index (χ3v) is 4.49. The highest BCUT2D eigenvalue weighted by Gasteiger charge is 2.38. The van der Waals surface area contributed by atoms with E-state index >= 15 is 0 Å². The molecule has 0 saturated heterocycles. The second-order valence-electron chi connectivity index (χ2n) is 6.12. The zero-order valence-electron chi connectivity index (χ0n) is 14.4. The van der Waals surface area contributed by atoms with Gasteiger partial charge in [-0.1, -0.05) is 97.9 Å². The smallest absolute Gasteiger partial charge is 0.144 e. The molecule has 1 atom stereocenters. The van der Waals surface area contributed by atoms with Crippen molar-refractivity contribution >= 4 is 0 Å². The minimum absolute atomic E-state index is 0.144. The van der Waals surface area contributed by atoms with Crippen molar-refractivity contribution in [3.8, 4) is 0 Å². The second-order valence-corrected chi connectivity index (χ2v) is 6.12. The molecule has 3 aromatic carbocycles. The Kier molecular flexibility index (Phi) is 5.12. The molecule has 0 aliphatic carbocycles. The molecule has 0 aliphatic rings. The lowest BCUT2D eigenvalue weighted by Gasteiger charge is -2.38. The highest BCUT2D eigenvalue weighted by molar-refractivity contribution is 5.47. The van der Waals surface area contributed by atoms with Crippen LogP contribution in [-0.2, 0) is 10.3 Å². The molecule has 0 bridgehead atoms. The van der Waals surface area contributed by atoms with Crippen LogP contribution in [0.2, 0.25) is 0 Å². The van der Waals surface area contributed by atoms with Gasteiger partial charge in [0, 0.05) is 0 Å². The van der Waals surface area contributed by atoms with Crippen LogP contribution in [0.15, 0.2) is 91.0 Å². The van der Waals surface area contributed by atoms with E-state index in [1.807, 2.05) is 18.2 Å². The molecule has 0 saturated carbocycles. The Balaban J connectivity index is 2.28. The Morgan fingerprint density at radius 1 is 0.667 bits per heavy atom. The van der Waals surface area contributed by atoms with Gasteiger partial charge >= 0.3 is 0 Å². The monoisotopic (exact) mass is 316 g/mol. The minimum atomic E-state index is -0.598. The molecule has 1 heteroatoms. The molecule has 3 aromatic rings. The van der Waals surface area contributed by atoms with E-state index < -0.39 is 5.60 Å². The van der Waals surface area contributed by atoms with E-state index in [-0.39, 0.29) is 6.10 Å². The van der Waals surface area contributed by atoms with E-state index in [1.165, 1.54) is 0 Å².